The highest BCUT2D eigenvalue weighted by molar-refractivity contribution is 7.80. The summed E-state index contributed by atoms with van der Waals surface area (Å²) >= 11 is 5.27. The van der Waals surface area contributed by atoms with Crippen LogP contribution in [0.1, 0.15) is 56.8 Å². The molecule has 0 saturated heterocycles. The minimum atomic E-state index is -0.357. The van der Waals surface area contributed by atoms with Gasteiger partial charge in [-0.05, 0) is 62.8 Å². The van der Waals surface area contributed by atoms with Gasteiger partial charge in [0.2, 0.25) is 5.91 Å². The largest absolute Gasteiger partial charge is 0.490 e. The Labute approximate surface area is 183 Å². The Morgan fingerprint density at radius 2 is 1.70 bits per heavy atom. The van der Waals surface area contributed by atoms with Crippen LogP contribution in [0.2, 0.25) is 0 Å². The number of benzene rings is 2. The van der Waals surface area contributed by atoms with Crippen molar-refractivity contribution >= 4 is 40.5 Å². The van der Waals surface area contributed by atoms with Gasteiger partial charge >= 0.3 is 0 Å². The molecule has 2 aromatic carbocycles. The molecule has 0 heterocycles. The van der Waals surface area contributed by atoms with Gasteiger partial charge in [-0.15, -0.1) is 0 Å². The Kier molecular flexibility index (Phi) is 9.28. The molecular weight excluding hydrogens is 398 g/mol. The SMILES string of the molecule is CCCCCC(=O)Nc1cccc(NC(=S)NC(=O)c2ccccc2OC(C)C)c1. The number of carbonyl (C=O) groups excluding carboxylic acids is 2. The summed E-state index contributed by atoms with van der Waals surface area (Å²) in [6.07, 6.45) is 3.43. The topological polar surface area (TPSA) is 79.5 Å². The number of anilines is 2. The molecule has 0 aromatic heterocycles. The van der Waals surface area contributed by atoms with E-state index in [4.69, 9.17) is 17.0 Å². The van der Waals surface area contributed by atoms with Crippen molar-refractivity contribution in [3.05, 3.63) is 54.1 Å². The van der Waals surface area contributed by atoms with Crippen LogP contribution in [-0.2, 0) is 4.79 Å². The average molecular weight is 428 g/mol. The first-order chi connectivity index (χ1) is 14.4. The molecular formula is C23H29N3O3S. The summed E-state index contributed by atoms with van der Waals surface area (Å²) in [4.78, 5) is 24.6. The van der Waals surface area contributed by atoms with Gasteiger partial charge in [0, 0.05) is 17.8 Å². The predicted molar refractivity (Wildman–Crippen MR) is 125 cm³/mol. The van der Waals surface area contributed by atoms with Gasteiger partial charge in [-0.2, -0.15) is 0 Å². The molecule has 160 valence electrons. The lowest BCUT2D eigenvalue weighted by molar-refractivity contribution is -0.116. The van der Waals surface area contributed by atoms with Gasteiger partial charge in [0.05, 0.1) is 11.7 Å². The van der Waals surface area contributed by atoms with E-state index >= 15 is 0 Å². The maximum atomic E-state index is 12.6. The lowest BCUT2D eigenvalue weighted by Crippen LogP contribution is -2.34. The molecule has 0 radical (unpaired) electrons. The normalized spacial score (nSPS) is 10.4. The summed E-state index contributed by atoms with van der Waals surface area (Å²) in [5, 5.41) is 8.68. The number of para-hydroxylation sites is 1. The monoisotopic (exact) mass is 427 g/mol. The third-order valence-electron chi connectivity index (χ3n) is 4.13. The van der Waals surface area contributed by atoms with Crippen LogP contribution in [0.3, 0.4) is 0 Å². The lowest BCUT2D eigenvalue weighted by atomic mass is 10.2. The highest BCUT2D eigenvalue weighted by Gasteiger charge is 2.14. The van der Waals surface area contributed by atoms with E-state index in [2.05, 4.69) is 22.9 Å². The molecule has 2 aromatic rings. The summed E-state index contributed by atoms with van der Waals surface area (Å²) in [7, 11) is 0. The molecule has 0 atom stereocenters. The molecule has 0 bridgehead atoms. The summed E-state index contributed by atoms with van der Waals surface area (Å²) < 4.78 is 5.69. The van der Waals surface area contributed by atoms with Crippen molar-refractivity contribution in [3.8, 4) is 5.75 Å². The molecule has 2 rings (SSSR count). The van der Waals surface area contributed by atoms with Crippen LogP contribution >= 0.6 is 12.2 Å². The zero-order chi connectivity index (χ0) is 21.9. The van der Waals surface area contributed by atoms with Gasteiger partial charge in [-0.1, -0.05) is 38.0 Å². The Morgan fingerprint density at radius 3 is 2.40 bits per heavy atom. The number of thiocarbonyl (C=S) groups is 1. The summed E-state index contributed by atoms with van der Waals surface area (Å²) in [5.41, 5.74) is 1.74. The number of carbonyl (C=O) groups is 2. The maximum absolute atomic E-state index is 12.6. The first-order valence-electron chi connectivity index (χ1n) is 10.2. The fourth-order valence-electron chi connectivity index (χ4n) is 2.78. The highest BCUT2D eigenvalue weighted by Crippen LogP contribution is 2.20. The Balaban J connectivity index is 1.95. The molecule has 0 spiro atoms. The van der Waals surface area contributed by atoms with Crippen molar-refractivity contribution in [2.45, 2.75) is 52.6 Å². The number of hydrogen-bond acceptors (Lipinski definition) is 4. The molecule has 30 heavy (non-hydrogen) atoms. The molecule has 0 aliphatic rings. The van der Waals surface area contributed by atoms with Gasteiger partial charge in [-0.3, -0.25) is 14.9 Å². The van der Waals surface area contributed by atoms with Crippen LogP contribution in [-0.4, -0.2) is 23.0 Å². The van der Waals surface area contributed by atoms with Crippen LogP contribution in [0.5, 0.6) is 5.75 Å². The zero-order valence-corrected chi connectivity index (χ0v) is 18.5. The molecule has 0 unspecified atom stereocenters. The van der Waals surface area contributed by atoms with E-state index in [1.165, 1.54) is 0 Å². The second-order valence-electron chi connectivity index (χ2n) is 7.16. The summed E-state index contributed by atoms with van der Waals surface area (Å²) in [5.74, 6) is 0.128. The van der Waals surface area contributed by atoms with Gasteiger partial charge in [-0.25, -0.2) is 0 Å². The lowest BCUT2D eigenvalue weighted by Gasteiger charge is -2.15. The summed E-state index contributed by atoms with van der Waals surface area (Å²) in [6.45, 7) is 5.90. The smallest absolute Gasteiger partial charge is 0.261 e. The Bertz CT molecular complexity index is 884. The first kappa shape index (κ1) is 23.3. The van der Waals surface area contributed by atoms with Crippen LogP contribution in [0.25, 0.3) is 0 Å². The molecule has 0 aliphatic carbocycles. The van der Waals surface area contributed by atoms with E-state index < -0.39 is 0 Å². The maximum Gasteiger partial charge on any atom is 0.261 e. The quantitative estimate of drug-likeness (QED) is 0.382. The van der Waals surface area contributed by atoms with Gasteiger partial charge in [0.1, 0.15) is 5.75 Å². The number of rotatable bonds is 9. The Hall–Kier alpha value is -2.93. The molecule has 0 fully saturated rings. The van der Waals surface area contributed by atoms with E-state index in [-0.39, 0.29) is 23.0 Å². The average Bonchev–Trinajstić information content (AvgIpc) is 2.68. The van der Waals surface area contributed by atoms with Crippen LogP contribution in [0, 0.1) is 0 Å². The van der Waals surface area contributed by atoms with Gasteiger partial charge in [0.15, 0.2) is 5.11 Å². The third-order valence-corrected chi connectivity index (χ3v) is 4.34. The number of ether oxygens (including phenoxy) is 1. The molecule has 7 heteroatoms. The number of nitrogens with one attached hydrogen (secondary N) is 3. The van der Waals surface area contributed by atoms with Crippen molar-refractivity contribution in [2.75, 3.05) is 10.6 Å². The van der Waals surface area contributed by atoms with Gasteiger partial charge in [0.25, 0.3) is 5.91 Å². The van der Waals surface area contributed by atoms with Crippen molar-refractivity contribution < 1.29 is 14.3 Å². The van der Waals surface area contributed by atoms with Crippen LogP contribution < -0.4 is 20.7 Å². The second kappa shape index (κ2) is 11.9. The second-order valence-corrected chi connectivity index (χ2v) is 7.57. The van der Waals surface area contributed by atoms with E-state index in [1.807, 2.05) is 26.0 Å². The van der Waals surface area contributed by atoms with Crippen molar-refractivity contribution in [3.63, 3.8) is 0 Å². The zero-order valence-electron chi connectivity index (χ0n) is 17.7. The van der Waals surface area contributed by atoms with E-state index in [0.717, 1.165) is 19.3 Å². The van der Waals surface area contributed by atoms with Gasteiger partial charge < -0.3 is 15.4 Å². The molecule has 0 aliphatic heterocycles. The fourth-order valence-corrected chi connectivity index (χ4v) is 2.99. The third kappa shape index (κ3) is 7.83. The standard InChI is InChI=1S/C23H29N3O3S/c1-4-5-6-14-21(27)24-17-10-9-11-18(15-17)25-23(30)26-22(28)19-12-7-8-13-20(19)29-16(2)3/h7-13,15-16H,4-6,14H2,1-3H3,(H,24,27)(H2,25,26,28,30). The van der Waals surface area contributed by atoms with E-state index in [9.17, 15) is 9.59 Å². The molecule has 6 nitrogen and oxygen atoms in total. The number of hydrogen-bond donors (Lipinski definition) is 3. The minimum Gasteiger partial charge on any atom is -0.490 e. The van der Waals surface area contributed by atoms with Crippen molar-refractivity contribution in [1.29, 1.82) is 0 Å². The Morgan fingerprint density at radius 1 is 1.00 bits per heavy atom. The van der Waals surface area contributed by atoms with Crippen molar-refractivity contribution in [2.24, 2.45) is 0 Å². The van der Waals surface area contributed by atoms with Crippen molar-refractivity contribution in [1.82, 2.24) is 5.32 Å². The van der Waals surface area contributed by atoms with Crippen LogP contribution in [0.15, 0.2) is 48.5 Å². The molecule has 2 amide bonds. The first-order valence-corrected chi connectivity index (χ1v) is 10.6. The predicted octanol–water partition coefficient (Wildman–Crippen LogP) is 5.12. The number of unbranched alkanes of at least 4 members (excludes halogenated alkanes) is 2. The molecule has 3 N–H and O–H groups in total. The van der Waals surface area contributed by atoms with Crippen LogP contribution in [0.4, 0.5) is 11.4 Å². The summed E-state index contributed by atoms with van der Waals surface area (Å²) in [6, 6.07) is 14.2. The molecule has 0 saturated carbocycles. The van der Waals surface area contributed by atoms with E-state index in [0.29, 0.717) is 29.1 Å². The fraction of sp³-hybridized carbons (Fsp3) is 0.348. The minimum absolute atomic E-state index is 0.0155. The highest BCUT2D eigenvalue weighted by atomic mass is 32.1. The number of amides is 2. The van der Waals surface area contributed by atoms with E-state index in [1.54, 1.807) is 36.4 Å².